The van der Waals surface area contributed by atoms with E-state index in [0.29, 0.717) is 19.8 Å². The molecule has 0 saturated carbocycles. The lowest BCUT2D eigenvalue weighted by atomic mass is 9.73. The number of carbonyl (C=O) groups is 2. The molecule has 6 nitrogen and oxygen atoms in total. The van der Waals surface area contributed by atoms with Gasteiger partial charge in [0.1, 0.15) is 0 Å². The lowest BCUT2D eigenvalue weighted by Gasteiger charge is -2.59. The summed E-state index contributed by atoms with van der Waals surface area (Å²) in [5.41, 5.74) is 3.83. The molecule has 3 aliphatic heterocycles. The molecule has 0 radical (unpaired) electrons. The Bertz CT molecular complexity index is 843. The van der Waals surface area contributed by atoms with Crippen LogP contribution in [0.5, 0.6) is 0 Å². The lowest BCUT2D eigenvalue weighted by Crippen LogP contribution is -2.73. The highest BCUT2D eigenvalue weighted by Gasteiger charge is 2.54. The first-order valence-electron chi connectivity index (χ1n) is 11.3. The monoisotopic (exact) mass is 410 g/mol. The number of nitrogens with zero attached hydrogens (tertiary/aromatic N) is 2. The average molecular weight is 411 g/mol. The van der Waals surface area contributed by atoms with Crippen molar-refractivity contribution in [1.29, 1.82) is 0 Å². The van der Waals surface area contributed by atoms with Crippen molar-refractivity contribution in [3.05, 3.63) is 41.5 Å². The normalized spacial score (nSPS) is 29.4. The Labute approximate surface area is 177 Å². The standard InChI is InChI=1S/C24H30N2O4/c27-15-21-23(18-7-5-17(6-8-18)16-3-1-2-4-16)20-13-25(14-22(28)26(20)21)24(29)19-9-11-30-12-10-19/h3,5-8,19-21,23,27H,1-2,4,9-15H2/t20-,21-,23+/m1/s1. The molecular weight excluding hydrogens is 380 g/mol. The van der Waals surface area contributed by atoms with Gasteiger partial charge in [0.15, 0.2) is 0 Å². The van der Waals surface area contributed by atoms with E-state index in [1.807, 2.05) is 4.90 Å². The van der Waals surface area contributed by atoms with Crippen LogP contribution in [0.25, 0.3) is 5.57 Å². The second-order valence-corrected chi connectivity index (χ2v) is 8.99. The molecule has 160 valence electrons. The van der Waals surface area contributed by atoms with Crippen molar-refractivity contribution in [2.45, 2.75) is 50.1 Å². The van der Waals surface area contributed by atoms with Crippen molar-refractivity contribution in [3.63, 3.8) is 0 Å². The molecule has 4 aliphatic rings. The number of fused-ring (bicyclic) bond motifs is 1. The minimum absolute atomic E-state index is 0.0377. The van der Waals surface area contributed by atoms with Gasteiger partial charge in [-0.1, -0.05) is 30.3 Å². The Kier molecular flexibility index (Phi) is 5.37. The Morgan fingerprint density at radius 2 is 1.93 bits per heavy atom. The fraction of sp³-hybridized carbons (Fsp3) is 0.583. The molecule has 1 aromatic carbocycles. The maximum Gasteiger partial charge on any atom is 0.242 e. The third kappa shape index (κ3) is 3.36. The number of amides is 2. The summed E-state index contributed by atoms with van der Waals surface area (Å²) >= 11 is 0. The molecule has 1 aliphatic carbocycles. The average Bonchev–Trinajstić information content (AvgIpc) is 3.30. The van der Waals surface area contributed by atoms with Crippen molar-refractivity contribution in [2.24, 2.45) is 5.92 Å². The number of benzene rings is 1. The molecule has 0 unspecified atom stereocenters. The number of aliphatic hydroxyl groups excluding tert-OH is 1. The molecule has 3 fully saturated rings. The fourth-order valence-corrected chi connectivity index (χ4v) is 5.72. The number of aliphatic hydroxyl groups is 1. The molecule has 0 bridgehead atoms. The number of ether oxygens (including phenoxy) is 1. The first-order chi connectivity index (χ1) is 14.7. The van der Waals surface area contributed by atoms with Crippen molar-refractivity contribution in [1.82, 2.24) is 9.80 Å². The molecule has 3 heterocycles. The summed E-state index contributed by atoms with van der Waals surface area (Å²) in [7, 11) is 0. The van der Waals surface area contributed by atoms with Gasteiger partial charge in [-0.05, 0) is 48.8 Å². The Balaban J connectivity index is 1.34. The zero-order chi connectivity index (χ0) is 20.7. The van der Waals surface area contributed by atoms with Crippen LogP contribution in [0.3, 0.4) is 0 Å². The zero-order valence-corrected chi connectivity index (χ0v) is 17.3. The predicted octanol–water partition coefficient (Wildman–Crippen LogP) is 2.18. The van der Waals surface area contributed by atoms with Gasteiger partial charge in [0.05, 0.1) is 25.2 Å². The number of rotatable bonds is 4. The minimum Gasteiger partial charge on any atom is -0.394 e. The second-order valence-electron chi connectivity index (χ2n) is 8.99. The van der Waals surface area contributed by atoms with Crippen LogP contribution in [0.15, 0.2) is 30.3 Å². The van der Waals surface area contributed by atoms with Crippen LogP contribution in [0.4, 0.5) is 0 Å². The van der Waals surface area contributed by atoms with Gasteiger partial charge in [0.2, 0.25) is 11.8 Å². The maximum absolute atomic E-state index is 13.0. The Hall–Kier alpha value is -2.18. The minimum atomic E-state index is -0.195. The van der Waals surface area contributed by atoms with Crippen molar-refractivity contribution in [2.75, 3.05) is 32.9 Å². The highest BCUT2D eigenvalue weighted by Crippen LogP contribution is 2.43. The van der Waals surface area contributed by atoms with Crippen LogP contribution in [0.1, 0.15) is 49.1 Å². The summed E-state index contributed by atoms with van der Waals surface area (Å²) in [6.07, 6.45) is 7.30. The van der Waals surface area contributed by atoms with Crippen molar-refractivity contribution < 1.29 is 19.4 Å². The highest BCUT2D eigenvalue weighted by molar-refractivity contribution is 5.88. The van der Waals surface area contributed by atoms with Crippen LogP contribution >= 0.6 is 0 Å². The zero-order valence-electron chi connectivity index (χ0n) is 17.3. The third-order valence-electron chi connectivity index (χ3n) is 7.34. The van der Waals surface area contributed by atoms with Crippen molar-refractivity contribution >= 4 is 17.4 Å². The van der Waals surface area contributed by atoms with Crippen LogP contribution in [-0.4, -0.2) is 71.7 Å². The number of piperazine rings is 1. The van der Waals surface area contributed by atoms with Gasteiger partial charge in [-0.25, -0.2) is 0 Å². The third-order valence-corrected chi connectivity index (χ3v) is 7.34. The Morgan fingerprint density at radius 1 is 1.17 bits per heavy atom. The Morgan fingerprint density at radius 3 is 2.60 bits per heavy atom. The molecule has 5 rings (SSSR count). The molecule has 30 heavy (non-hydrogen) atoms. The maximum atomic E-state index is 13.0. The van der Waals surface area contributed by atoms with E-state index in [-0.39, 0.29) is 48.9 Å². The van der Waals surface area contributed by atoms with Crippen LogP contribution in [-0.2, 0) is 14.3 Å². The van der Waals surface area contributed by atoms with Gasteiger partial charge in [-0.15, -0.1) is 0 Å². The second kappa shape index (κ2) is 8.16. The SMILES string of the molecule is O=C(C1CCOCC1)N1CC(=O)N2[C@H](CO)[C@@H](c3ccc(C4=CCCC4)cc3)[C@H]2C1. The van der Waals surface area contributed by atoms with Gasteiger partial charge in [0, 0.05) is 31.6 Å². The van der Waals surface area contributed by atoms with E-state index < -0.39 is 0 Å². The van der Waals surface area contributed by atoms with Gasteiger partial charge >= 0.3 is 0 Å². The molecule has 1 N–H and O–H groups in total. The van der Waals surface area contributed by atoms with Crippen LogP contribution in [0.2, 0.25) is 0 Å². The van der Waals surface area contributed by atoms with E-state index in [9.17, 15) is 14.7 Å². The van der Waals surface area contributed by atoms with Crippen molar-refractivity contribution in [3.8, 4) is 0 Å². The number of carbonyl (C=O) groups excluding carboxylic acids is 2. The van der Waals surface area contributed by atoms with E-state index in [1.165, 1.54) is 17.6 Å². The van der Waals surface area contributed by atoms with Crippen LogP contribution < -0.4 is 0 Å². The molecule has 2 amide bonds. The van der Waals surface area contributed by atoms with Gasteiger partial charge in [-0.3, -0.25) is 9.59 Å². The molecule has 0 spiro atoms. The highest BCUT2D eigenvalue weighted by atomic mass is 16.5. The van der Waals surface area contributed by atoms with Gasteiger partial charge in [0.25, 0.3) is 0 Å². The van der Waals surface area contributed by atoms with Crippen LogP contribution in [0, 0.1) is 5.92 Å². The molecule has 0 aromatic heterocycles. The summed E-state index contributed by atoms with van der Waals surface area (Å²) in [4.78, 5) is 29.4. The molecule has 3 atom stereocenters. The number of hydrogen-bond acceptors (Lipinski definition) is 4. The first kappa shape index (κ1) is 19.8. The summed E-state index contributed by atoms with van der Waals surface area (Å²) in [6.45, 7) is 1.87. The summed E-state index contributed by atoms with van der Waals surface area (Å²) < 4.78 is 5.38. The predicted molar refractivity (Wildman–Crippen MR) is 113 cm³/mol. The van der Waals surface area contributed by atoms with E-state index in [0.717, 1.165) is 31.2 Å². The molecule has 3 saturated heterocycles. The van der Waals surface area contributed by atoms with E-state index in [2.05, 4.69) is 30.3 Å². The summed E-state index contributed by atoms with van der Waals surface area (Å²) in [6, 6.07) is 8.37. The summed E-state index contributed by atoms with van der Waals surface area (Å²) in [5, 5.41) is 9.98. The topological polar surface area (TPSA) is 70.1 Å². The molecule has 6 heteroatoms. The number of allylic oxidation sites excluding steroid dienone is 2. The lowest BCUT2D eigenvalue weighted by molar-refractivity contribution is -0.169. The quantitative estimate of drug-likeness (QED) is 0.826. The smallest absolute Gasteiger partial charge is 0.242 e. The van der Waals surface area contributed by atoms with E-state index in [4.69, 9.17) is 4.74 Å². The summed E-state index contributed by atoms with van der Waals surface area (Å²) in [5.74, 6) is 0.0655. The molecule has 1 aromatic rings. The van der Waals surface area contributed by atoms with Gasteiger partial charge < -0.3 is 19.6 Å². The largest absolute Gasteiger partial charge is 0.394 e. The first-order valence-corrected chi connectivity index (χ1v) is 11.3. The van der Waals surface area contributed by atoms with E-state index in [1.54, 1.807) is 4.90 Å². The molecular formula is C24H30N2O4. The van der Waals surface area contributed by atoms with Gasteiger partial charge in [-0.2, -0.15) is 0 Å². The van der Waals surface area contributed by atoms with E-state index >= 15 is 0 Å². The number of hydrogen-bond donors (Lipinski definition) is 1. The fourth-order valence-electron chi connectivity index (χ4n) is 5.72.